The third-order valence-electron chi connectivity index (χ3n) is 9.45. The Morgan fingerprint density at radius 3 is 1.39 bits per heavy atom. The normalized spacial score (nSPS) is 12.7. The van der Waals surface area contributed by atoms with Gasteiger partial charge in [-0.1, -0.05) is 153 Å². The molecular formula is C45H35N. The Kier molecular flexibility index (Phi) is 6.88. The van der Waals surface area contributed by atoms with Gasteiger partial charge in [-0.05, 0) is 92.0 Å². The minimum Gasteiger partial charge on any atom is -0.310 e. The first-order chi connectivity index (χ1) is 22.6. The molecule has 0 unspecified atom stereocenters. The first-order valence-electron chi connectivity index (χ1n) is 16.0. The standard InChI is InChI=1S/C45H35N/c1-45(2)42-28-27-39(31-41(42)44-40(25-14-26-43(44)45)34-19-10-5-11-20-34)46(37-23-12-21-35(29-37)32-15-6-3-7-16-32)38-24-13-22-36(30-38)33-17-8-4-9-18-33/h3-31H,1-2H3. The molecule has 7 aromatic carbocycles. The topological polar surface area (TPSA) is 3.24 Å². The summed E-state index contributed by atoms with van der Waals surface area (Å²) in [5.74, 6) is 0. The van der Waals surface area contributed by atoms with Crippen molar-refractivity contribution in [2.45, 2.75) is 19.3 Å². The van der Waals surface area contributed by atoms with Crippen LogP contribution >= 0.6 is 0 Å². The zero-order valence-electron chi connectivity index (χ0n) is 26.2. The van der Waals surface area contributed by atoms with Gasteiger partial charge in [-0.25, -0.2) is 0 Å². The van der Waals surface area contributed by atoms with E-state index >= 15 is 0 Å². The van der Waals surface area contributed by atoms with Crippen LogP contribution in [-0.4, -0.2) is 0 Å². The van der Waals surface area contributed by atoms with Crippen molar-refractivity contribution in [2.24, 2.45) is 0 Å². The predicted molar refractivity (Wildman–Crippen MR) is 195 cm³/mol. The highest BCUT2D eigenvalue weighted by molar-refractivity contribution is 5.95. The van der Waals surface area contributed by atoms with Crippen LogP contribution in [0.1, 0.15) is 25.0 Å². The largest absolute Gasteiger partial charge is 0.310 e. The van der Waals surface area contributed by atoms with Crippen molar-refractivity contribution in [3.63, 3.8) is 0 Å². The summed E-state index contributed by atoms with van der Waals surface area (Å²) in [6.07, 6.45) is 0. The van der Waals surface area contributed by atoms with E-state index < -0.39 is 0 Å². The van der Waals surface area contributed by atoms with Crippen molar-refractivity contribution in [3.8, 4) is 44.5 Å². The molecule has 0 bridgehead atoms. The summed E-state index contributed by atoms with van der Waals surface area (Å²) in [7, 11) is 0. The predicted octanol–water partition coefficient (Wildman–Crippen LogP) is 12.5. The van der Waals surface area contributed by atoms with Gasteiger partial charge in [0.25, 0.3) is 0 Å². The van der Waals surface area contributed by atoms with E-state index in [0.717, 1.165) is 17.1 Å². The van der Waals surface area contributed by atoms with Crippen LogP contribution in [0.4, 0.5) is 17.1 Å². The van der Waals surface area contributed by atoms with Gasteiger partial charge >= 0.3 is 0 Å². The lowest BCUT2D eigenvalue weighted by molar-refractivity contribution is 0.660. The Hall–Kier alpha value is -5.66. The third kappa shape index (κ3) is 4.82. The van der Waals surface area contributed by atoms with E-state index in [1.807, 2.05) is 0 Å². The van der Waals surface area contributed by atoms with Gasteiger partial charge < -0.3 is 4.90 Å². The Bertz CT molecular complexity index is 2080. The number of hydrogen-bond donors (Lipinski definition) is 0. The molecule has 1 aliphatic rings. The molecule has 7 aromatic rings. The molecule has 0 radical (unpaired) electrons. The molecule has 0 fully saturated rings. The highest BCUT2D eigenvalue weighted by atomic mass is 15.1. The first-order valence-corrected chi connectivity index (χ1v) is 16.0. The molecule has 0 N–H and O–H groups in total. The van der Waals surface area contributed by atoms with E-state index in [1.54, 1.807) is 0 Å². The van der Waals surface area contributed by atoms with Gasteiger partial charge in [0.05, 0.1) is 0 Å². The molecule has 46 heavy (non-hydrogen) atoms. The molecule has 0 saturated carbocycles. The second-order valence-electron chi connectivity index (χ2n) is 12.6. The summed E-state index contributed by atoms with van der Waals surface area (Å²) in [5, 5.41) is 0. The summed E-state index contributed by atoms with van der Waals surface area (Å²) in [5.41, 5.74) is 16.0. The van der Waals surface area contributed by atoms with Crippen molar-refractivity contribution in [1.82, 2.24) is 0 Å². The molecule has 1 nitrogen and oxygen atoms in total. The third-order valence-corrected chi connectivity index (χ3v) is 9.45. The fourth-order valence-corrected chi connectivity index (χ4v) is 7.15. The summed E-state index contributed by atoms with van der Waals surface area (Å²) in [4.78, 5) is 2.41. The lowest BCUT2D eigenvalue weighted by Crippen LogP contribution is -2.15. The van der Waals surface area contributed by atoms with Crippen LogP contribution in [0.5, 0.6) is 0 Å². The molecule has 0 spiro atoms. The molecule has 0 amide bonds. The van der Waals surface area contributed by atoms with Crippen LogP contribution in [0, 0.1) is 0 Å². The van der Waals surface area contributed by atoms with E-state index in [0.29, 0.717) is 0 Å². The molecule has 0 heterocycles. The van der Waals surface area contributed by atoms with E-state index in [4.69, 9.17) is 0 Å². The maximum absolute atomic E-state index is 2.42. The fourth-order valence-electron chi connectivity index (χ4n) is 7.15. The zero-order valence-corrected chi connectivity index (χ0v) is 26.2. The zero-order chi connectivity index (χ0) is 31.1. The van der Waals surface area contributed by atoms with E-state index in [-0.39, 0.29) is 5.41 Å². The Morgan fingerprint density at radius 2 is 0.826 bits per heavy atom. The maximum Gasteiger partial charge on any atom is 0.0468 e. The smallest absolute Gasteiger partial charge is 0.0468 e. The van der Waals surface area contributed by atoms with Gasteiger partial charge in [0.2, 0.25) is 0 Å². The highest BCUT2D eigenvalue weighted by Gasteiger charge is 2.37. The van der Waals surface area contributed by atoms with Crippen LogP contribution < -0.4 is 4.90 Å². The number of hydrogen-bond acceptors (Lipinski definition) is 1. The minimum atomic E-state index is -0.0979. The van der Waals surface area contributed by atoms with Gasteiger partial charge in [0.15, 0.2) is 0 Å². The number of fused-ring (bicyclic) bond motifs is 3. The molecule has 0 atom stereocenters. The molecule has 220 valence electrons. The molecule has 1 aliphatic carbocycles. The second kappa shape index (κ2) is 11.4. The molecule has 1 heteroatoms. The Labute approximate surface area is 272 Å². The summed E-state index contributed by atoms with van der Waals surface area (Å²) in [6, 6.07) is 63.8. The Balaban J connectivity index is 1.34. The summed E-state index contributed by atoms with van der Waals surface area (Å²) in [6.45, 7) is 4.72. The van der Waals surface area contributed by atoms with E-state index in [2.05, 4.69) is 195 Å². The SMILES string of the molecule is CC1(C)c2ccc(N(c3cccc(-c4ccccc4)c3)c3cccc(-c4ccccc4)c3)cc2-c2c(-c3ccccc3)cccc21. The lowest BCUT2D eigenvalue weighted by atomic mass is 9.82. The van der Waals surface area contributed by atoms with Gasteiger partial charge in [-0.2, -0.15) is 0 Å². The van der Waals surface area contributed by atoms with Crippen molar-refractivity contribution >= 4 is 17.1 Å². The first kappa shape index (κ1) is 27.9. The Morgan fingerprint density at radius 1 is 0.348 bits per heavy atom. The molecule has 0 aromatic heterocycles. The quantitative estimate of drug-likeness (QED) is 0.186. The van der Waals surface area contributed by atoms with Crippen molar-refractivity contribution in [3.05, 3.63) is 187 Å². The highest BCUT2D eigenvalue weighted by Crippen LogP contribution is 2.53. The minimum absolute atomic E-state index is 0.0979. The number of rotatable bonds is 6. The summed E-state index contributed by atoms with van der Waals surface area (Å²) >= 11 is 0. The van der Waals surface area contributed by atoms with Crippen molar-refractivity contribution in [2.75, 3.05) is 4.90 Å². The second-order valence-corrected chi connectivity index (χ2v) is 12.6. The van der Waals surface area contributed by atoms with Gasteiger partial charge in [0, 0.05) is 22.5 Å². The monoisotopic (exact) mass is 589 g/mol. The average Bonchev–Trinajstić information content (AvgIpc) is 3.35. The molecule has 8 rings (SSSR count). The van der Waals surface area contributed by atoms with Crippen LogP contribution in [0.2, 0.25) is 0 Å². The molecule has 0 saturated heterocycles. The van der Waals surface area contributed by atoms with Crippen molar-refractivity contribution < 1.29 is 0 Å². The lowest BCUT2D eigenvalue weighted by Gasteiger charge is -2.28. The average molecular weight is 590 g/mol. The van der Waals surface area contributed by atoms with Gasteiger partial charge in [-0.15, -0.1) is 0 Å². The fraction of sp³-hybridized carbons (Fsp3) is 0.0667. The van der Waals surface area contributed by atoms with Gasteiger partial charge in [0.1, 0.15) is 0 Å². The van der Waals surface area contributed by atoms with Crippen LogP contribution in [0.3, 0.4) is 0 Å². The number of nitrogens with zero attached hydrogens (tertiary/aromatic N) is 1. The van der Waals surface area contributed by atoms with E-state index in [9.17, 15) is 0 Å². The van der Waals surface area contributed by atoms with Crippen molar-refractivity contribution in [1.29, 1.82) is 0 Å². The maximum atomic E-state index is 2.42. The van der Waals surface area contributed by atoms with Crippen LogP contribution in [-0.2, 0) is 5.41 Å². The van der Waals surface area contributed by atoms with Crippen LogP contribution in [0.25, 0.3) is 44.5 Å². The molecule has 0 aliphatic heterocycles. The molecular weight excluding hydrogens is 555 g/mol. The van der Waals surface area contributed by atoms with E-state index in [1.165, 1.54) is 55.6 Å². The summed E-state index contributed by atoms with van der Waals surface area (Å²) < 4.78 is 0. The van der Waals surface area contributed by atoms with Crippen LogP contribution in [0.15, 0.2) is 176 Å². The number of anilines is 3. The number of benzene rings is 7. The van der Waals surface area contributed by atoms with Gasteiger partial charge in [-0.3, -0.25) is 0 Å².